The van der Waals surface area contributed by atoms with Crippen molar-refractivity contribution in [2.24, 2.45) is 0 Å². The van der Waals surface area contributed by atoms with Crippen molar-refractivity contribution < 1.29 is 1.37 Å². The minimum Gasteiger partial charge on any atom is -0.114 e. The van der Waals surface area contributed by atoms with E-state index in [2.05, 4.69) is 0 Å². The number of allylic oxidation sites excluding steroid dienone is 3. The quantitative estimate of drug-likeness (QED) is 0.378. The van der Waals surface area contributed by atoms with Gasteiger partial charge < -0.3 is 0 Å². The second-order valence-electron chi connectivity index (χ2n) is 1.56. The van der Waals surface area contributed by atoms with Gasteiger partial charge in [-0.3, -0.25) is 0 Å². The van der Waals surface area contributed by atoms with Crippen LogP contribution in [0.15, 0.2) is 23.6 Å². The van der Waals surface area contributed by atoms with Crippen molar-refractivity contribution >= 4 is 7.28 Å². The molecule has 1 aliphatic heterocycles. The minimum atomic E-state index is 0.734. The van der Waals surface area contributed by atoms with Crippen molar-refractivity contribution in [3.63, 3.8) is 0 Å². The molecule has 0 radical (unpaired) electrons. The van der Waals surface area contributed by atoms with Crippen LogP contribution in [0, 0.1) is 0 Å². The van der Waals surface area contributed by atoms with E-state index in [1.54, 1.807) is 0 Å². The fraction of sp³-hybridized carbons (Fsp3) is 0.200. The monoisotopic (exact) mass is 80.1 g/mol. The lowest BCUT2D eigenvalue weighted by atomic mass is 9.74. The van der Waals surface area contributed by atoms with E-state index in [1.165, 1.54) is 5.47 Å². The molecule has 0 nitrogen and oxygen atoms in total. The summed E-state index contributed by atoms with van der Waals surface area (Å²) >= 11 is 0. The fourth-order valence-corrected chi connectivity index (χ4v) is 0.480. The van der Waals surface area contributed by atoms with Gasteiger partial charge in [0, 0.05) is 1.37 Å². The van der Waals surface area contributed by atoms with Crippen molar-refractivity contribution in [1.29, 1.82) is 0 Å². The highest BCUT2D eigenvalue weighted by Crippen LogP contribution is 1.96. The maximum Gasteiger partial charge on any atom is 0.177 e. The van der Waals surface area contributed by atoms with Gasteiger partial charge in [-0.25, -0.2) is 0 Å². The van der Waals surface area contributed by atoms with Crippen molar-refractivity contribution in [3.05, 3.63) is 23.6 Å². The van der Waals surface area contributed by atoms with Crippen LogP contribution in [-0.2, 0) is 0 Å². The van der Waals surface area contributed by atoms with E-state index in [9.17, 15) is 0 Å². The van der Waals surface area contributed by atoms with Crippen LogP contribution in [0.2, 0.25) is 0 Å². The summed E-state index contributed by atoms with van der Waals surface area (Å²) in [5.41, 5.74) is 1.30. The molecule has 6 heavy (non-hydrogen) atoms. The third kappa shape index (κ3) is 0.536. The summed E-state index contributed by atoms with van der Waals surface area (Å²) in [5, 5.41) is 0. The maximum atomic E-state index is 7.07. The molecule has 1 heterocycles. The van der Waals surface area contributed by atoms with Gasteiger partial charge in [-0.1, -0.05) is 19.1 Å². The third-order valence-corrected chi connectivity index (χ3v) is 0.867. The smallest absolute Gasteiger partial charge is 0.114 e. The Kier molecular flexibility index (Phi) is 0.594. The normalized spacial score (nSPS) is 21.2. The van der Waals surface area contributed by atoms with Crippen LogP contribution in [0.25, 0.3) is 0 Å². The summed E-state index contributed by atoms with van der Waals surface area (Å²) in [6.45, 7) is 2.04. The van der Waals surface area contributed by atoms with E-state index in [4.69, 9.17) is 1.37 Å². The molecule has 0 N–H and O–H groups in total. The number of hydrogen-bond acceptors (Lipinski definition) is 0. The molecule has 0 amide bonds. The van der Waals surface area contributed by atoms with Gasteiger partial charge in [-0.15, -0.1) is 11.4 Å². The topological polar surface area (TPSA) is 0 Å². The Balaban J connectivity index is 2.61. The molecule has 0 atom stereocenters. The van der Waals surface area contributed by atoms with Crippen molar-refractivity contribution in [1.82, 2.24) is 0 Å². The Bertz CT molecular complexity index is 119. The predicted octanol–water partition coefficient (Wildman–Crippen LogP) is 0.854. The first kappa shape index (κ1) is 2.67. The van der Waals surface area contributed by atoms with Crippen LogP contribution in [0.4, 0.5) is 0 Å². The standard InChI is InChI=1S/C5H7B/c1-5-3-2-4-6-5/h2-4,6H,1H3/i4T. The Morgan fingerprint density at radius 2 is 2.83 bits per heavy atom. The summed E-state index contributed by atoms with van der Waals surface area (Å²) in [6, 6.07) is 0. The van der Waals surface area contributed by atoms with Crippen molar-refractivity contribution in [3.8, 4) is 0 Å². The zero-order chi connectivity index (χ0) is 5.28. The highest BCUT2D eigenvalue weighted by atomic mass is 13.7. The highest BCUT2D eigenvalue weighted by Gasteiger charge is 1.89. The van der Waals surface area contributed by atoms with Crippen LogP contribution in [0.5, 0.6) is 0 Å². The average molecular weight is 79.9 g/mol. The largest absolute Gasteiger partial charge is 0.177 e. The molecule has 0 bridgehead atoms. The molecule has 0 saturated heterocycles. The number of hydrogen-bond donors (Lipinski definition) is 0. The summed E-state index contributed by atoms with van der Waals surface area (Å²) in [7, 11) is 0.861. The molecular formula is C5H7B. The highest BCUT2D eigenvalue weighted by molar-refractivity contribution is 6.52. The summed E-state index contributed by atoms with van der Waals surface area (Å²) in [6.07, 6.45) is 3.83. The van der Waals surface area contributed by atoms with Crippen LogP contribution in [-0.4, -0.2) is 7.28 Å². The Morgan fingerprint density at radius 3 is 3.00 bits per heavy atom. The van der Waals surface area contributed by atoms with Gasteiger partial charge in [-0.05, 0) is 0 Å². The van der Waals surface area contributed by atoms with E-state index in [0.29, 0.717) is 0 Å². The van der Waals surface area contributed by atoms with E-state index in [1.807, 2.05) is 19.1 Å². The molecular weight excluding hydrogens is 70.9 g/mol. The molecule has 0 spiro atoms. The molecule has 1 aliphatic rings. The molecule has 0 fully saturated rings. The summed E-state index contributed by atoms with van der Waals surface area (Å²) in [5.74, 6) is 0.734. The van der Waals surface area contributed by atoms with Crippen LogP contribution in [0.3, 0.4) is 0 Å². The van der Waals surface area contributed by atoms with Crippen LogP contribution < -0.4 is 0 Å². The Hall–Kier alpha value is -0.455. The maximum absolute atomic E-state index is 7.07. The average Bonchev–Trinajstić information content (AvgIpc) is 1.87. The van der Waals surface area contributed by atoms with Gasteiger partial charge in [-0.2, -0.15) is 0 Å². The molecule has 0 aromatic rings. The first-order valence-corrected chi connectivity index (χ1v) is 2.12. The fourth-order valence-electron chi connectivity index (χ4n) is 0.480. The zero-order valence-corrected chi connectivity index (χ0v) is 3.86. The van der Waals surface area contributed by atoms with Gasteiger partial charge in [0.25, 0.3) is 0 Å². The SMILES string of the molecule is [3H]C1=CC=C(C)B1. The van der Waals surface area contributed by atoms with Gasteiger partial charge in [0.1, 0.15) is 0 Å². The molecule has 0 aliphatic carbocycles. The first-order valence-electron chi connectivity index (χ1n) is 2.62. The molecule has 0 aromatic carbocycles. The van der Waals surface area contributed by atoms with Crippen LogP contribution in [0.1, 0.15) is 8.29 Å². The molecule has 0 saturated carbocycles. The Morgan fingerprint density at radius 1 is 2.00 bits per heavy atom. The van der Waals surface area contributed by atoms with Gasteiger partial charge in [0.15, 0.2) is 7.28 Å². The lowest BCUT2D eigenvalue weighted by Crippen LogP contribution is -1.77. The van der Waals surface area contributed by atoms with Gasteiger partial charge in [0.2, 0.25) is 0 Å². The van der Waals surface area contributed by atoms with E-state index >= 15 is 0 Å². The molecule has 1 heteroatoms. The third-order valence-electron chi connectivity index (χ3n) is 0.867. The lowest BCUT2D eigenvalue weighted by Gasteiger charge is -1.76. The summed E-state index contributed by atoms with van der Waals surface area (Å²) in [4.78, 5) is 0. The van der Waals surface area contributed by atoms with E-state index < -0.39 is 0 Å². The molecule has 0 unspecified atom stereocenters. The predicted molar refractivity (Wildman–Crippen MR) is 30.0 cm³/mol. The second-order valence-corrected chi connectivity index (χ2v) is 1.56. The molecule has 0 aromatic heterocycles. The first-order chi connectivity index (χ1) is 3.29. The molecule has 1 rings (SSSR count). The number of rotatable bonds is 0. The lowest BCUT2D eigenvalue weighted by molar-refractivity contribution is 1.67. The van der Waals surface area contributed by atoms with E-state index in [-0.39, 0.29) is 0 Å². The second kappa shape index (κ2) is 1.33. The zero-order valence-electron chi connectivity index (χ0n) is 4.86. The van der Waals surface area contributed by atoms with Gasteiger partial charge >= 0.3 is 0 Å². The summed E-state index contributed by atoms with van der Waals surface area (Å²) < 4.78 is 7.07. The van der Waals surface area contributed by atoms with Crippen molar-refractivity contribution in [2.75, 3.05) is 0 Å². The van der Waals surface area contributed by atoms with Crippen molar-refractivity contribution in [2.45, 2.75) is 6.92 Å². The Labute approximate surface area is 40.2 Å². The van der Waals surface area contributed by atoms with E-state index in [0.717, 1.165) is 13.2 Å². The van der Waals surface area contributed by atoms with Crippen LogP contribution >= 0.6 is 0 Å². The molecule has 30 valence electrons. The minimum absolute atomic E-state index is 0.734. The van der Waals surface area contributed by atoms with Gasteiger partial charge in [0.05, 0.1) is 0 Å².